The predicted octanol–water partition coefficient (Wildman–Crippen LogP) is 2.33. The van der Waals surface area contributed by atoms with E-state index in [-0.39, 0.29) is 11.6 Å². The number of amides is 1. The molecule has 1 aromatic heterocycles. The number of fused-ring (bicyclic) bond motifs is 1. The average molecular weight is 384 g/mol. The van der Waals surface area contributed by atoms with Gasteiger partial charge in [0.2, 0.25) is 5.91 Å². The molecule has 0 spiro atoms. The lowest BCUT2D eigenvalue weighted by molar-refractivity contribution is -0.120. The van der Waals surface area contributed by atoms with Crippen LogP contribution in [0.1, 0.15) is 12.5 Å². The topological polar surface area (TPSA) is 99.5 Å². The van der Waals surface area contributed by atoms with Crippen LogP contribution in [-0.2, 0) is 11.3 Å². The molecule has 1 heterocycles. The lowest BCUT2D eigenvalue weighted by Gasteiger charge is -2.25. The quantitative estimate of drug-likeness (QED) is 0.581. The third-order valence-corrected chi connectivity index (χ3v) is 4.73. The van der Waals surface area contributed by atoms with Crippen LogP contribution in [0.3, 0.4) is 0 Å². The van der Waals surface area contributed by atoms with Crippen LogP contribution < -0.4 is 20.5 Å². The zero-order chi connectivity index (χ0) is 20.3. The Labute approximate surface area is 162 Å². The number of nitrogens with zero attached hydrogens (tertiary/aromatic N) is 1. The number of anilines is 1. The van der Waals surface area contributed by atoms with E-state index < -0.39 is 6.04 Å². The van der Waals surface area contributed by atoms with Crippen LogP contribution >= 0.6 is 0 Å². The van der Waals surface area contributed by atoms with Crippen LogP contribution in [0.2, 0.25) is 0 Å². The number of aromatic amines is 2. The summed E-state index contributed by atoms with van der Waals surface area (Å²) in [6.07, 6.45) is 0. The van der Waals surface area contributed by atoms with Gasteiger partial charge in [0.15, 0.2) is 11.5 Å². The summed E-state index contributed by atoms with van der Waals surface area (Å²) in [5.41, 5.74) is 2.60. The summed E-state index contributed by atoms with van der Waals surface area (Å²) in [6.45, 7) is 2.35. The van der Waals surface area contributed by atoms with Crippen molar-refractivity contribution in [3.63, 3.8) is 0 Å². The van der Waals surface area contributed by atoms with Crippen LogP contribution in [0.4, 0.5) is 5.69 Å². The molecule has 0 unspecified atom stereocenters. The second kappa shape index (κ2) is 8.18. The van der Waals surface area contributed by atoms with Gasteiger partial charge in [-0.1, -0.05) is 12.1 Å². The maximum Gasteiger partial charge on any atom is 0.323 e. The van der Waals surface area contributed by atoms with E-state index in [0.29, 0.717) is 34.8 Å². The first-order chi connectivity index (χ1) is 13.4. The van der Waals surface area contributed by atoms with Gasteiger partial charge in [-0.25, -0.2) is 4.79 Å². The highest BCUT2D eigenvalue weighted by atomic mass is 16.5. The maximum absolute atomic E-state index is 12.7. The number of H-pyrrole nitrogens is 2. The first-order valence-electron chi connectivity index (χ1n) is 8.86. The standard InChI is InChI=1S/C20H24N4O4/c1-12(24(2)11-13-6-5-7-17(27-3)18(13)28-4)19(25)21-14-8-9-15-16(10-14)23-20(26)22-15/h5-10,12H,11H2,1-4H3,(H,21,25)(H2,22,23,26)/t12-/m0/s1. The number of aromatic nitrogens is 2. The van der Waals surface area contributed by atoms with Gasteiger partial charge in [0, 0.05) is 17.8 Å². The highest BCUT2D eigenvalue weighted by molar-refractivity contribution is 5.96. The van der Waals surface area contributed by atoms with E-state index in [1.54, 1.807) is 32.4 Å². The van der Waals surface area contributed by atoms with Crippen LogP contribution in [0.15, 0.2) is 41.2 Å². The Morgan fingerprint density at radius 2 is 1.89 bits per heavy atom. The van der Waals surface area contributed by atoms with Gasteiger partial charge in [0.25, 0.3) is 0 Å². The van der Waals surface area contributed by atoms with Crippen molar-refractivity contribution in [1.29, 1.82) is 0 Å². The van der Waals surface area contributed by atoms with E-state index in [9.17, 15) is 9.59 Å². The Kier molecular flexibility index (Phi) is 5.70. The van der Waals surface area contributed by atoms with Gasteiger partial charge in [-0.3, -0.25) is 9.69 Å². The zero-order valence-electron chi connectivity index (χ0n) is 16.3. The summed E-state index contributed by atoms with van der Waals surface area (Å²) in [5.74, 6) is 1.16. The van der Waals surface area contributed by atoms with Crippen LogP contribution in [0, 0.1) is 0 Å². The molecule has 0 fully saturated rings. The van der Waals surface area contributed by atoms with Gasteiger partial charge in [0.05, 0.1) is 31.3 Å². The molecule has 3 N–H and O–H groups in total. The summed E-state index contributed by atoms with van der Waals surface area (Å²) >= 11 is 0. The van der Waals surface area contributed by atoms with E-state index in [0.717, 1.165) is 5.56 Å². The minimum Gasteiger partial charge on any atom is -0.493 e. The minimum atomic E-state index is -0.392. The summed E-state index contributed by atoms with van der Waals surface area (Å²) < 4.78 is 10.8. The number of carbonyl (C=O) groups excluding carboxylic acids is 1. The van der Waals surface area contributed by atoms with Crippen LogP contribution in [0.25, 0.3) is 11.0 Å². The Balaban J connectivity index is 1.71. The normalized spacial score (nSPS) is 12.2. The van der Waals surface area contributed by atoms with Crippen LogP contribution in [-0.4, -0.2) is 48.1 Å². The summed E-state index contributed by atoms with van der Waals surface area (Å²) in [4.78, 5) is 31.3. The Morgan fingerprint density at radius 3 is 2.61 bits per heavy atom. The molecule has 28 heavy (non-hydrogen) atoms. The first-order valence-corrected chi connectivity index (χ1v) is 8.86. The zero-order valence-corrected chi connectivity index (χ0v) is 16.3. The van der Waals surface area contributed by atoms with Gasteiger partial charge in [-0.15, -0.1) is 0 Å². The number of benzene rings is 2. The van der Waals surface area contributed by atoms with Crippen molar-refractivity contribution in [1.82, 2.24) is 14.9 Å². The highest BCUT2D eigenvalue weighted by Crippen LogP contribution is 2.31. The molecule has 1 atom stereocenters. The Hall–Kier alpha value is -3.26. The van der Waals surface area contributed by atoms with E-state index in [4.69, 9.17) is 9.47 Å². The molecule has 0 saturated carbocycles. The minimum absolute atomic E-state index is 0.151. The summed E-state index contributed by atoms with van der Waals surface area (Å²) in [7, 11) is 5.06. The smallest absolute Gasteiger partial charge is 0.323 e. The Morgan fingerprint density at radius 1 is 1.14 bits per heavy atom. The molecule has 1 amide bonds. The maximum atomic E-state index is 12.7. The average Bonchev–Trinajstić information content (AvgIpc) is 3.06. The number of likely N-dealkylation sites (N-methyl/N-ethyl adjacent to an activating group) is 1. The van der Waals surface area contributed by atoms with Gasteiger partial charge in [0.1, 0.15) is 0 Å². The van der Waals surface area contributed by atoms with Crippen molar-refractivity contribution in [3.05, 3.63) is 52.4 Å². The molecular weight excluding hydrogens is 360 g/mol. The molecule has 2 aromatic carbocycles. The predicted molar refractivity (Wildman–Crippen MR) is 108 cm³/mol. The second-order valence-corrected chi connectivity index (χ2v) is 6.57. The monoisotopic (exact) mass is 384 g/mol. The Bertz CT molecular complexity index is 1040. The SMILES string of the molecule is COc1cccc(CN(C)[C@@H](C)C(=O)Nc2ccc3[nH]c(=O)[nH]c3c2)c1OC. The number of methoxy groups -OCH3 is 2. The van der Waals surface area contributed by atoms with Gasteiger partial charge < -0.3 is 24.8 Å². The van der Waals surface area contributed by atoms with Crippen molar-refractivity contribution in [2.24, 2.45) is 0 Å². The largest absolute Gasteiger partial charge is 0.493 e. The molecule has 0 aliphatic heterocycles. The molecule has 3 aromatic rings. The van der Waals surface area contributed by atoms with Crippen molar-refractivity contribution in [2.45, 2.75) is 19.5 Å². The molecule has 8 nitrogen and oxygen atoms in total. The highest BCUT2D eigenvalue weighted by Gasteiger charge is 2.20. The number of para-hydroxylation sites is 1. The summed E-state index contributed by atoms with van der Waals surface area (Å²) in [5, 5.41) is 2.89. The van der Waals surface area contributed by atoms with E-state index in [2.05, 4.69) is 15.3 Å². The van der Waals surface area contributed by atoms with Gasteiger partial charge in [-0.05, 0) is 38.2 Å². The van der Waals surface area contributed by atoms with E-state index in [1.165, 1.54) is 0 Å². The molecule has 0 aliphatic rings. The molecule has 0 bridgehead atoms. The van der Waals surface area contributed by atoms with Crippen molar-refractivity contribution >= 4 is 22.6 Å². The molecule has 3 rings (SSSR count). The number of ether oxygens (including phenoxy) is 2. The van der Waals surface area contributed by atoms with Crippen molar-refractivity contribution in [3.8, 4) is 11.5 Å². The third kappa shape index (κ3) is 4.01. The van der Waals surface area contributed by atoms with Gasteiger partial charge in [-0.2, -0.15) is 0 Å². The summed E-state index contributed by atoms with van der Waals surface area (Å²) in [6, 6.07) is 10.5. The molecule has 0 aliphatic carbocycles. The molecule has 0 radical (unpaired) electrons. The van der Waals surface area contributed by atoms with E-state index >= 15 is 0 Å². The van der Waals surface area contributed by atoms with Gasteiger partial charge >= 0.3 is 5.69 Å². The molecule has 148 valence electrons. The number of rotatable bonds is 7. The fourth-order valence-corrected chi connectivity index (χ4v) is 3.04. The second-order valence-electron chi connectivity index (χ2n) is 6.57. The number of hydrogen-bond acceptors (Lipinski definition) is 5. The number of carbonyl (C=O) groups is 1. The van der Waals surface area contributed by atoms with Crippen LogP contribution in [0.5, 0.6) is 11.5 Å². The fourth-order valence-electron chi connectivity index (χ4n) is 3.04. The molecule has 8 heteroatoms. The fraction of sp³-hybridized carbons (Fsp3) is 0.300. The molecule has 0 saturated heterocycles. The molecular formula is C20H24N4O4. The number of hydrogen-bond donors (Lipinski definition) is 3. The lowest BCUT2D eigenvalue weighted by atomic mass is 10.1. The van der Waals surface area contributed by atoms with Crippen molar-refractivity contribution in [2.75, 3.05) is 26.6 Å². The van der Waals surface area contributed by atoms with Crippen molar-refractivity contribution < 1.29 is 14.3 Å². The first kappa shape index (κ1) is 19.5. The third-order valence-electron chi connectivity index (χ3n) is 4.73. The lowest BCUT2D eigenvalue weighted by Crippen LogP contribution is -2.39. The number of nitrogens with one attached hydrogen (secondary N) is 3. The number of imidazole rings is 1. The van der Waals surface area contributed by atoms with E-state index in [1.807, 2.05) is 37.1 Å².